The lowest BCUT2D eigenvalue weighted by molar-refractivity contribution is -0.134. The molecule has 3 fully saturated rings. The van der Waals surface area contributed by atoms with Crippen molar-refractivity contribution in [1.82, 2.24) is 10.2 Å². The summed E-state index contributed by atoms with van der Waals surface area (Å²) < 4.78 is 34.9. The largest absolute Gasteiger partial charge is 0.388 e. The number of benzene rings is 1. The third-order valence-corrected chi connectivity index (χ3v) is 7.97. The third kappa shape index (κ3) is 4.98. The first-order valence-electron chi connectivity index (χ1n) is 10.2. The third-order valence-electron chi connectivity index (χ3n) is 6.00. The first kappa shape index (κ1) is 22.0. The molecule has 1 aromatic rings. The molecular weight excluding hydrogens is 432 g/mol. The van der Waals surface area contributed by atoms with E-state index in [1.165, 1.54) is 0 Å². The highest BCUT2D eigenvalue weighted by Crippen LogP contribution is 2.35. The second-order valence-electron chi connectivity index (χ2n) is 8.12. The van der Waals surface area contributed by atoms with Crippen molar-refractivity contribution in [3.63, 3.8) is 0 Å². The Kier molecular flexibility index (Phi) is 6.67. The zero-order valence-corrected chi connectivity index (χ0v) is 18.1. The van der Waals surface area contributed by atoms with Crippen molar-refractivity contribution in [1.29, 1.82) is 0 Å². The first-order valence-corrected chi connectivity index (χ1v) is 12.4. The van der Waals surface area contributed by atoms with Crippen molar-refractivity contribution in [2.45, 2.75) is 49.9 Å². The van der Waals surface area contributed by atoms with Crippen molar-refractivity contribution < 1.29 is 27.8 Å². The maximum absolute atomic E-state index is 12.5. The highest BCUT2D eigenvalue weighted by Gasteiger charge is 2.50. The number of ether oxygens (including phenoxy) is 2. The Bertz CT molecular complexity index is 868. The number of sulfone groups is 1. The number of hydrogen-bond acceptors (Lipinski definition) is 7. The Morgan fingerprint density at radius 3 is 2.67 bits per heavy atom. The van der Waals surface area contributed by atoms with E-state index in [-0.39, 0.29) is 55.2 Å². The summed E-state index contributed by atoms with van der Waals surface area (Å²) in [6.45, 7) is 1.51. The Hall–Kier alpha value is -1.23. The lowest BCUT2D eigenvalue weighted by atomic mass is 10.1. The monoisotopic (exact) mass is 458 g/mol. The lowest BCUT2D eigenvalue weighted by Gasteiger charge is -2.28. The number of aliphatic hydroxyl groups is 1. The molecule has 5 atom stereocenters. The van der Waals surface area contributed by atoms with E-state index in [0.717, 1.165) is 5.56 Å². The van der Waals surface area contributed by atoms with Gasteiger partial charge in [-0.3, -0.25) is 4.79 Å². The molecule has 0 spiro atoms. The number of amides is 1. The Balaban J connectivity index is 1.22. The summed E-state index contributed by atoms with van der Waals surface area (Å²) >= 11 is 6.15. The van der Waals surface area contributed by atoms with Gasteiger partial charge in [-0.15, -0.1) is 0 Å². The molecule has 30 heavy (non-hydrogen) atoms. The predicted molar refractivity (Wildman–Crippen MR) is 111 cm³/mol. The van der Waals surface area contributed by atoms with Crippen LogP contribution in [-0.4, -0.2) is 86.0 Å². The summed E-state index contributed by atoms with van der Waals surface area (Å²) in [5.41, 5.74) is 0.979. The van der Waals surface area contributed by atoms with Crippen molar-refractivity contribution in [2.24, 2.45) is 0 Å². The topological polar surface area (TPSA) is 105 Å². The van der Waals surface area contributed by atoms with Gasteiger partial charge in [0.05, 0.1) is 36.2 Å². The summed E-state index contributed by atoms with van der Waals surface area (Å²) in [6.07, 6.45) is -1.44. The number of carbonyl (C=O) groups is 1. The minimum Gasteiger partial charge on any atom is -0.388 e. The van der Waals surface area contributed by atoms with Gasteiger partial charge < -0.3 is 24.8 Å². The highest BCUT2D eigenvalue weighted by molar-refractivity contribution is 7.91. The number of fused-ring (bicyclic) bond motifs is 1. The molecule has 0 saturated carbocycles. The number of nitrogens with zero attached hydrogens (tertiary/aromatic N) is 1. The fraction of sp³-hybridized carbons (Fsp3) is 0.650. The Morgan fingerprint density at radius 2 is 1.97 bits per heavy atom. The predicted octanol–water partition coefficient (Wildman–Crippen LogP) is 0.363. The maximum atomic E-state index is 12.5. The van der Waals surface area contributed by atoms with Gasteiger partial charge in [0, 0.05) is 37.6 Å². The SMILES string of the molecule is O=C(CC1CC2OC(CNCc3ccccc3Cl)C(O)C2O1)N1CCS(=O)(=O)CC1. The molecule has 0 bridgehead atoms. The molecule has 3 aliphatic heterocycles. The molecule has 8 nitrogen and oxygen atoms in total. The molecule has 4 rings (SSSR count). The van der Waals surface area contributed by atoms with E-state index in [4.69, 9.17) is 21.1 Å². The van der Waals surface area contributed by atoms with Gasteiger partial charge in [-0.05, 0) is 11.6 Å². The van der Waals surface area contributed by atoms with E-state index in [0.29, 0.717) is 24.5 Å². The van der Waals surface area contributed by atoms with Crippen LogP contribution >= 0.6 is 11.6 Å². The molecular formula is C20H27ClN2O6S. The number of halogens is 1. The standard InChI is InChI=1S/C20H27ClN2O6S/c21-15-4-2-1-3-13(15)11-22-12-17-19(25)20-16(29-17)9-14(28-20)10-18(24)23-5-7-30(26,27)8-6-23/h1-4,14,16-17,19-20,22,25H,5-12H2. The molecule has 10 heteroatoms. The zero-order chi connectivity index (χ0) is 21.3. The molecule has 0 radical (unpaired) electrons. The zero-order valence-electron chi connectivity index (χ0n) is 16.6. The average molecular weight is 459 g/mol. The molecule has 3 saturated heterocycles. The van der Waals surface area contributed by atoms with E-state index in [1.54, 1.807) is 4.90 Å². The molecule has 5 unspecified atom stereocenters. The van der Waals surface area contributed by atoms with Gasteiger partial charge in [-0.1, -0.05) is 29.8 Å². The van der Waals surface area contributed by atoms with E-state index in [1.807, 2.05) is 24.3 Å². The van der Waals surface area contributed by atoms with Crippen LogP contribution in [0.3, 0.4) is 0 Å². The quantitative estimate of drug-likeness (QED) is 0.634. The number of hydrogen-bond donors (Lipinski definition) is 2. The van der Waals surface area contributed by atoms with Crippen LogP contribution in [0.15, 0.2) is 24.3 Å². The molecule has 1 amide bonds. The van der Waals surface area contributed by atoms with Crippen molar-refractivity contribution in [2.75, 3.05) is 31.1 Å². The smallest absolute Gasteiger partial charge is 0.225 e. The van der Waals surface area contributed by atoms with E-state index >= 15 is 0 Å². The number of carbonyl (C=O) groups excluding carboxylic acids is 1. The number of rotatable bonds is 6. The fourth-order valence-corrected chi connectivity index (χ4v) is 5.69. The van der Waals surface area contributed by atoms with Crippen LogP contribution in [0.2, 0.25) is 5.02 Å². The van der Waals surface area contributed by atoms with Gasteiger partial charge in [-0.2, -0.15) is 0 Å². The van der Waals surface area contributed by atoms with Gasteiger partial charge in [0.1, 0.15) is 12.2 Å². The summed E-state index contributed by atoms with van der Waals surface area (Å²) in [4.78, 5) is 14.0. The van der Waals surface area contributed by atoms with Gasteiger partial charge in [0.15, 0.2) is 9.84 Å². The maximum Gasteiger partial charge on any atom is 0.225 e. The highest BCUT2D eigenvalue weighted by atomic mass is 35.5. The van der Waals surface area contributed by atoms with Crippen LogP contribution in [0, 0.1) is 0 Å². The Morgan fingerprint density at radius 1 is 1.23 bits per heavy atom. The van der Waals surface area contributed by atoms with Crippen molar-refractivity contribution in [3.05, 3.63) is 34.9 Å². The molecule has 0 aliphatic carbocycles. The van der Waals surface area contributed by atoms with Crippen LogP contribution in [0.4, 0.5) is 0 Å². The second kappa shape index (κ2) is 9.10. The molecule has 1 aromatic carbocycles. The summed E-state index contributed by atoms with van der Waals surface area (Å²) in [5.74, 6) is -0.0808. The van der Waals surface area contributed by atoms with Gasteiger partial charge in [-0.25, -0.2) is 8.42 Å². The summed E-state index contributed by atoms with van der Waals surface area (Å²) in [5, 5.41) is 14.5. The minimum atomic E-state index is -3.02. The van der Waals surface area contributed by atoms with Crippen LogP contribution in [0.1, 0.15) is 18.4 Å². The van der Waals surface area contributed by atoms with Crippen LogP contribution in [0.25, 0.3) is 0 Å². The molecule has 2 N–H and O–H groups in total. The summed E-state index contributed by atoms with van der Waals surface area (Å²) in [7, 11) is -3.02. The van der Waals surface area contributed by atoms with Crippen LogP contribution in [0.5, 0.6) is 0 Å². The van der Waals surface area contributed by atoms with Crippen molar-refractivity contribution in [3.8, 4) is 0 Å². The molecule has 166 valence electrons. The second-order valence-corrected chi connectivity index (χ2v) is 10.8. The van der Waals surface area contributed by atoms with Crippen molar-refractivity contribution >= 4 is 27.3 Å². The molecule has 0 aromatic heterocycles. The van der Waals surface area contributed by atoms with Gasteiger partial charge in [0.25, 0.3) is 0 Å². The van der Waals surface area contributed by atoms with E-state index in [2.05, 4.69) is 5.32 Å². The summed E-state index contributed by atoms with van der Waals surface area (Å²) in [6, 6.07) is 7.58. The van der Waals surface area contributed by atoms with Crippen LogP contribution < -0.4 is 5.32 Å². The van der Waals surface area contributed by atoms with E-state index in [9.17, 15) is 18.3 Å². The van der Waals surface area contributed by atoms with E-state index < -0.39 is 22.0 Å². The average Bonchev–Trinajstić information content (AvgIpc) is 3.22. The minimum absolute atomic E-state index is 0.0141. The number of aliphatic hydroxyl groups excluding tert-OH is 1. The van der Waals surface area contributed by atoms with Crippen LogP contribution in [-0.2, 0) is 30.7 Å². The van der Waals surface area contributed by atoms with Gasteiger partial charge >= 0.3 is 0 Å². The number of nitrogens with one attached hydrogen (secondary N) is 1. The molecule has 3 heterocycles. The first-order chi connectivity index (χ1) is 14.3. The fourth-order valence-electron chi connectivity index (χ4n) is 4.29. The lowest BCUT2D eigenvalue weighted by Crippen LogP contribution is -2.44. The molecule has 3 aliphatic rings. The normalized spacial score (nSPS) is 32.9. The Labute approximate surface area is 181 Å². The van der Waals surface area contributed by atoms with Gasteiger partial charge in [0.2, 0.25) is 5.91 Å².